The zero-order chi connectivity index (χ0) is 15.1. The molecule has 0 bridgehead atoms. The number of Topliss-reactive ketones (excluding diaryl/α,β-unsaturated/α-hetero) is 1. The van der Waals surface area contributed by atoms with Gasteiger partial charge in [-0.15, -0.1) is 0 Å². The van der Waals surface area contributed by atoms with Crippen LogP contribution in [0.25, 0.3) is 0 Å². The van der Waals surface area contributed by atoms with Crippen LogP contribution in [-0.4, -0.2) is 29.2 Å². The van der Waals surface area contributed by atoms with E-state index in [2.05, 4.69) is 0 Å². The third kappa shape index (κ3) is 2.91. The van der Waals surface area contributed by atoms with Crippen molar-refractivity contribution in [3.63, 3.8) is 0 Å². The zero-order valence-electron chi connectivity index (χ0n) is 13.6. The van der Waals surface area contributed by atoms with E-state index in [9.17, 15) is 9.59 Å². The third-order valence-corrected chi connectivity index (χ3v) is 4.95. The molecule has 2 fully saturated rings. The van der Waals surface area contributed by atoms with Crippen LogP contribution in [0.2, 0.25) is 0 Å². The van der Waals surface area contributed by atoms with Gasteiger partial charge in [0, 0.05) is 17.9 Å². The summed E-state index contributed by atoms with van der Waals surface area (Å²) in [4.78, 5) is 27.2. The number of likely N-dealkylation sites (tertiary alicyclic amines) is 1. The highest BCUT2D eigenvalue weighted by Gasteiger charge is 2.45. The number of piperidine rings is 1. The molecule has 0 N–H and O–H groups in total. The number of carbonyl (C=O) groups excluding carboxylic acids is 2. The topological polar surface area (TPSA) is 37.4 Å². The van der Waals surface area contributed by atoms with Gasteiger partial charge in [-0.2, -0.15) is 0 Å². The van der Waals surface area contributed by atoms with Gasteiger partial charge in [-0.25, -0.2) is 0 Å². The van der Waals surface area contributed by atoms with Crippen molar-refractivity contribution in [2.45, 2.75) is 66.3 Å². The van der Waals surface area contributed by atoms with Crippen molar-refractivity contribution in [1.29, 1.82) is 0 Å². The summed E-state index contributed by atoms with van der Waals surface area (Å²) in [7, 11) is 0. The van der Waals surface area contributed by atoms with Crippen LogP contribution in [0.15, 0.2) is 0 Å². The first-order valence-corrected chi connectivity index (χ1v) is 8.06. The third-order valence-electron chi connectivity index (χ3n) is 4.95. The Bertz CT molecular complexity index is 394. The molecular weight excluding hydrogens is 250 g/mol. The average molecular weight is 279 g/mol. The number of nitrogens with zero attached hydrogens (tertiary/aromatic N) is 1. The van der Waals surface area contributed by atoms with Crippen molar-refractivity contribution in [3.05, 3.63) is 0 Å². The van der Waals surface area contributed by atoms with Crippen molar-refractivity contribution in [2.24, 2.45) is 23.2 Å². The maximum absolute atomic E-state index is 12.7. The summed E-state index contributed by atoms with van der Waals surface area (Å²) in [6.45, 7) is 10.5. The second-order valence-electron chi connectivity index (χ2n) is 7.97. The molecular formula is C17H29NO2. The van der Waals surface area contributed by atoms with Crippen LogP contribution in [0, 0.1) is 23.2 Å². The minimum Gasteiger partial charge on any atom is -0.332 e. The largest absolute Gasteiger partial charge is 0.332 e. The molecule has 3 heteroatoms. The number of hydrogen-bond donors (Lipinski definition) is 0. The molecule has 3 atom stereocenters. The lowest BCUT2D eigenvalue weighted by atomic mass is 9.79. The summed E-state index contributed by atoms with van der Waals surface area (Å²) in [5.41, 5.74) is -0.402. The second-order valence-corrected chi connectivity index (χ2v) is 7.97. The van der Waals surface area contributed by atoms with Gasteiger partial charge in [0.05, 0.1) is 6.04 Å². The van der Waals surface area contributed by atoms with E-state index in [1.54, 1.807) is 0 Å². The molecule has 2 rings (SSSR count). The molecule has 0 radical (unpaired) electrons. The van der Waals surface area contributed by atoms with Crippen LogP contribution in [-0.2, 0) is 9.59 Å². The average Bonchev–Trinajstić information content (AvgIpc) is 2.81. The quantitative estimate of drug-likeness (QED) is 0.778. The molecule has 20 heavy (non-hydrogen) atoms. The first-order valence-electron chi connectivity index (χ1n) is 8.06. The molecule has 114 valence electrons. The summed E-state index contributed by atoms with van der Waals surface area (Å²) in [5, 5.41) is 0. The smallest absolute Gasteiger partial charge is 0.228 e. The Hall–Kier alpha value is -0.860. The van der Waals surface area contributed by atoms with Gasteiger partial charge in [0.2, 0.25) is 5.91 Å². The fourth-order valence-electron chi connectivity index (χ4n) is 3.77. The van der Waals surface area contributed by atoms with Gasteiger partial charge < -0.3 is 4.90 Å². The maximum Gasteiger partial charge on any atom is 0.228 e. The van der Waals surface area contributed by atoms with E-state index in [-0.39, 0.29) is 23.7 Å². The van der Waals surface area contributed by atoms with E-state index in [1.807, 2.05) is 39.5 Å². The van der Waals surface area contributed by atoms with Crippen LogP contribution < -0.4 is 0 Å². The SMILES string of the molecule is CC(C)C(=O)C1CC2CCCC2CN1C(=O)C(C)(C)C. The van der Waals surface area contributed by atoms with Crippen molar-refractivity contribution >= 4 is 11.7 Å². The Morgan fingerprint density at radius 2 is 1.70 bits per heavy atom. The molecule has 1 saturated heterocycles. The second kappa shape index (κ2) is 5.50. The van der Waals surface area contributed by atoms with Crippen molar-refractivity contribution in [2.75, 3.05) is 6.54 Å². The van der Waals surface area contributed by atoms with Gasteiger partial charge in [0.1, 0.15) is 0 Å². The van der Waals surface area contributed by atoms with Crippen LogP contribution in [0.5, 0.6) is 0 Å². The molecule has 1 heterocycles. The Kier molecular flexibility index (Phi) is 4.27. The van der Waals surface area contributed by atoms with E-state index in [0.29, 0.717) is 11.8 Å². The highest BCUT2D eigenvalue weighted by molar-refractivity contribution is 5.92. The number of carbonyl (C=O) groups is 2. The Morgan fingerprint density at radius 3 is 2.25 bits per heavy atom. The molecule has 3 nitrogen and oxygen atoms in total. The molecule has 0 aromatic carbocycles. The van der Waals surface area contributed by atoms with Crippen LogP contribution in [0.4, 0.5) is 0 Å². The molecule has 0 spiro atoms. The first kappa shape index (κ1) is 15.5. The van der Waals surface area contributed by atoms with Crippen molar-refractivity contribution < 1.29 is 9.59 Å². The minimum atomic E-state index is -0.402. The minimum absolute atomic E-state index is 0.00761. The van der Waals surface area contributed by atoms with E-state index >= 15 is 0 Å². The molecule has 1 aliphatic carbocycles. The lowest BCUT2D eigenvalue weighted by Crippen LogP contribution is -2.56. The lowest BCUT2D eigenvalue weighted by Gasteiger charge is -2.44. The summed E-state index contributed by atoms with van der Waals surface area (Å²) < 4.78 is 0. The van der Waals surface area contributed by atoms with Crippen LogP contribution >= 0.6 is 0 Å². The Labute approximate surface area is 123 Å². The maximum atomic E-state index is 12.7. The van der Waals surface area contributed by atoms with Gasteiger partial charge in [0.15, 0.2) is 5.78 Å². The van der Waals surface area contributed by atoms with Gasteiger partial charge in [-0.3, -0.25) is 9.59 Å². The first-order chi connectivity index (χ1) is 9.21. The molecule has 1 saturated carbocycles. The standard InChI is InChI=1S/C17H29NO2/c1-11(2)15(19)14-9-12-7-6-8-13(12)10-18(14)16(20)17(3,4)5/h11-14H,6-10H2,1-5H3. The van der Waals surface area contributed by atoms with Crippen LogP contribution in [0.1, 0.15) is 60.3 Å². The number of hydrogen-bond acceptors (Lipinski definition) is 2. The molecule has 1 amide bonds. The van der Waals surface area contributed by atoms with Crippen molar-refractivity contribution in [3.8, 4) is 0 Å². The molecule has 0 aromatic heterocycles. The Balaban J connectivity index is 2.24. The molecule has 1 aliphatic heterocycles. The number of ketones is 1. The van der Waals surface area contributed by atoms with Gasteiger partial charge in [-0.05, 0) is 24.7 Å². The predicted molar refractivity (Wildman–Crippen MR) is 80.2 cm³/mol. The fraction of sp³-hybridized carbons (Fsp3) is 0.882. The highest BCUT2D eigenvalue weighted by atomic mass is 16.2. The number of amides is 1. The van der Waals surface area contributed by atoms with Gasteiger partial charge >= 0.3 is 0 Å². The molecule has 0 aromatic rings. The summed E-state index contributed by atoms with van der Waals surface area (Å²) >= 11 is 0. The van der Waals surface area contributed by atoms with Crippen LogP contribution in [0.3, 0.4) is 0 Å². The lowest BCUT2D eigenvalue weighted by molar-refractivity contribution is -0.151. The highest BCUT2D eigenvalue weighted by Crippen LogP contribution is 2.41. The molecule has 3 unspecified atom stereocenters. The van der Waals surface area contributed by atoms with E-state index < -0.39 is 5.41 Å². The fourth-order valence-corrected chi connectivity index (χ4v) is 3.77. The van der Waals surface area contributed by atoms with E-state index in [1.165, 1.54) is 19.3 Å². The monoisotopic (exact) mass is 279 g/mol. The summed E-state index contributed by atoms with van der Waals surface area (Å²) in [6, 6.07) is -0.180. The van der Waals surface area contributed by atoms with Crippen molar-refractivity contribution in [1.82, 2.24) is 4.90 Å². The number of rotatable bonds is 2. The van der Waals surface area contributed by atoms with Gasteiger partial charge in [0.25, 0.3) is 0 Å². The summed E-state index contributed by atoms with van der Waals surface area (Å²) in [5.74, 6) is 1.67. The van der Waals surface area contributed by atoms with E-state index in [4.69, 9.17) is 0 Å². The molecule has 2 aliphatic rings. The summed E-state index contributed by atoms with van der Waals surface area (Å²) in [6.07, 6.45) is 4.62. The van der Waals surface area contributed by atoms with E-state index in [0.717, 1.165) is 13.0 Å². The predicted octanol–water partition coefficient (Wildman–Crippen LogP) is 3.27. The zero-order valence-corrected chi connectivity index (χ0v) is 13.6. The van der Waals surface area contributed by atoms with Gasteiger partial charge in [-0.1, -0.05) is 47.5 Å². The normalized spacial score (nSPS) is 30.5. The Morgan fingerprint density at radius 1 is 1.10 bits per heavy atom. The number of fused-ring (bicyclic) bond motifs is 1.